The Kier molecular flexibility index (Phi) is 3.79. The van der Waals surface area contributed by atoms with Crippen LogP contribution in [0, 0.1) is 5.82 Å². The summed E-state index contributed by atoms with van der Waals surface area (Å²) in [5.41, 5.74) is 6.10. The molecular formula is C15H13FN2O2. The van der Waals surface area contributed by atoms with Gasteiger partial charge in [-0.1, -0.05) is 18.2 Å². The van der Waals surface area contributed by atoms with Crippen LogP contribution in [0.3, 0.4) is 0 Å². The minimum absolute atomic E-state index is 0.0309. The standard InChI is InChI=1S/C15H13FN2O2/c1-9(19)10-5-2-3-8-13(10)18-15(20)11-6-4-7-12(16)14(11)17/h2-8H,17H2,1H3,(H,18,20). The first kappa shape index (κ1) is 13.7. The molecule has 0 spiro atoms. The van der Waals surface area contributed by atoms with Gasteiger partial charge >= 0.3 is 0 Å². The Hall–Kier alpha value is -2.69. The number of ketones is 1. The molecule has 0 aliphatic rings. The topological polar surface area (TPSA) is 72.2 Å². The van der Waals surface area contributed by atoms with E-state index in [1.165, 1.54) is 25.1 Å². The van der Waals surface area contributed by atoms with E-state index in [0.717, 1.165) is 0 Å². The van der Waals surface area contributed by atoms with Crippen LogP contribution in [0.5, 0.6) is 0 Å². The van der Waals surface area contributed by atoms with E-state index >= 15 is 0 Å². The van der Waals surface area contributed by atoms with Gasteiger partial charge in [-0.25, -0.2) is 4.39 Å². The Morgan fingerprint density at radius 2 is 1.70 bits per heavy atom. The summed E-state index contributed by atoms with van der Waals surface area (Å²) in [7, 11) is 0. The van der Waals surface area contributed by atoms with E-state index in [1.807, 2.05) is 0 Å². The molecule has 0 fully saturated rings. The molecule has 0 saturated heterocycles. The minimum Gasteiger partial charge on any atom is -0.396 e. The van der Waals surface area contributed by atoms with Crippen molar-refractivity contribution in [2.45, 2.75) is 6.92 Å². The van der Waals surface area contributed by atoms with Crippen LogP contribution < -0.4 is 11.1 Å². The van der Waals surface area contributed by atoms with Crippen molar-refractivity contribution in [3.05, 3.63) is 59.4 Å². The number of Topliss-reactive ketones (excluding diaryl/α,β-unsaturated/α-hetero) is 1. The summed E-state index contributed by atoms with van der Waals surface area (Å²) in [5.74, 6) is -1.39. The van der Waals surface area contributed by atoms with Crippen LogP contribution in [0.25, 0.3) is 0 Å². The van der Waals surface area contributed by atoms with Crippen molar-refractivity contribution in [2.75, 3.05) is 11.1 Å². The van der Waals surface area contributed by atoms with E-state index in [4.69, 9.17) is 5.73 Å². The largest absolute Gasteiger partial charge is 0.396 e. The Labute approximate surface area is 115 Å². The second-order valence-electron chi connectivity index (χ2n) is 4.26. The van der Waals surface area contributed by atoms with Crippen LogP contribution in [0.15, 0.2) is 42.5 Å². The number of anilines is 2. The van der Waals surface area contributed by atoms with Gasteiger partial charge in [-0.15, -0.1) is 0 Å². The number of nitrogens with two attached hydrogens (primary N) is 1. The fraction of sp³-hybridized carbons (Fsp3) is 0.0667. The van der Waals surface area contributed by atoms with Crippen molar-refractivity contribution in [2.24, 2.45) is 0 Å². The average molecular weight is 272 g/mol. The predicted molar refractivity (Wildman–Crippen MR) is 75.2 cm³/mol. The maximum Gasteiger partial charge on any atom is 0.257 e. The summed E-state index contributed by atoms with van der Waals surface area (Å²) in [6, 6.07) is 10.6. The monoisotopic (exact) mass is 272 g/mol. The van der Waals surface area contributed by atoms with Crippen molar-refractivity contribution in [3.63, 3.8) is 0 Å². The number of nitrogens with one attached hydrogen (secondary N) is 1. The average Bonchev–Trinajstić information content (AvgIpc) is 2.42. The first-order chi connectivity index (χ1) is 9.50. The van der Waals surface area contributed by atoms with Crippen molar-refractivity contribution < 1.29 is 14.0 Å². The van der Waals surface area contributed by atoms with Gasteiger partial charge < -0.3 is 11.1 Å². The molecule has 0 atom stereocenters. The number of hydrogen-bond donors (Lipinski definition) is 2. The number of nitrogen functional groups attached to an aromatic ring is 1. The molecule has 4 nitrogen and oxygen atoms in total. The minimum atomic E-state index is -0.655. The van der Waals surface area contributed by atoms with Crippen LogP contribution >= 0.6 is 0 Å². The number of halogens is 1. The van der Waals surface area contributed by atoms with E-state index in [2.05, 4.69) is 5.32 Å². The van der Waals surface area contributed by atoms with Gasteiger partial charge in [-0.05, 0) is 31.2 Å². The van der Waals surface area contributed by atoms with Gasteiger partial charge in [0.2, 0.25) is 0 Å². The molecule has 102 valence electrons. The van der Waals surface area contributed by atoms with Crippen LogP contribution in [-0.2, 0) is 0 Å². The lowest BCUT2D eigenvalue weighted by molar-refractivity contribution is 0.101. The smallest absolute Gasteiger partial charge is 0.257 e. The number of amides is 1. The molecule has 0 aliphatic carbocycles. The second-order valence-corrected chi connectivity index (χ2v) is 4.26. The molecule has 0 heterocycles. The SMILES string of the molecule is CC(=O)c1ccccc1NC(=O)c1cccc(F)c1N. The number of carbonyl (C=O) groups excluding carboxylic acids is 2. The third-order valence-electron chi connectivity index (χ3n) is 2.85. The van der Waals surface area contributed by atoms with Crippen molar-refractivity contribution in [3.8, 4) is 0 Å². The summed E-state index contributed by atoms with van der Waals surface area (Å²) in [5, 5.41) is 2.57. The van der Waals surface area contributed by atoms with E-state index in [0.29, 0.717) is 11.3 Å². The second kappa shape index (κ2) is 5.52. The summed E-state index contributed by atoms with van der Waals surface area (Å²) < 4.78 is 13.3. The number of rotatable bonds is 3. The lowest BCUT2D eigenvalue weighted by atomic mass is 10.1. The van der Waals surface area contributed by atoms with Gasteiger partial charge in [0.25, 0.3) is 5.91 Å². The summed E-state index contributed by atoms with van der Waals surface area (Å²) in [6.07, 6.45) is 0. The maximum atomic E-state index is 13.3. The molecule has 1 amide bonds. The maximum absolute atomic E-state index is 13.3. The molecule has 0 unspecified atom stereocenters. The quantitative estimate of drug-likeness (QED) is 0.666. The zero-order valence-corrected chi connectivity index (χ0v) is 10.8. The highest BCUT2D eigenvalue weighted by Crippen LogP contribution is 2.20. The van der Waals surface area contributed by atoms with Gasteiger partial charge in [-0.3, -0.25) is 9.59 Å². The van der Waals surface area contributed by atoms with Gasteiger partial charge in [0, 0.05) is 5.56 Å². The molecule has 0 aromatic heterocycles. The van der Waals surface area contributed by atoms with E-state index in [1.54, 1.807) is 24.3 Å². The van der Waals surface area contributed by atoms with Crippen molar-refractivity contribution in [1.82, 2.24) is 0 Å². The van der Waals surface area contributed by atoms with Crippen LogP contribution in [0.4, 0.5) is 15.8 Å². The van der Waals surface area contributed by atoms with Gasteiger partial charge in [0.1, 0.15) is 5.82 Å². The molecule has 0 radical (unpaired) electrons. The van der Waals surface area contributed by atoms with E-state index < -0.39 is 11.7 Å². The van der Waals surface area contributed by atoms with Crippen LogP contribution in [0.1, 0.15) is 27.6 Å². The van der Waals surface area contributed by atoms with Gasteiger partial charge in [0.15, 0.2) is 5.78 Å². The van der Waals surface area contributed by atoms with Crippen LogP contribution in [0.2, 0.25) is 0 Å². The molecule has 2 aromatic carbocycles. The summed E-state index contributed by atoms with van der Waals surface area (Å²) >= 11 is 0. The number of hydrogen-bond acceptors (Lipinski definition) is 3. The number of benzene rings is 2. The highest BCUT2D eigenvalue weighted by atomic mass is 19.1. The number of carbonyl (C=O) groups is 2. The molecular weight excluding hydrogens is 259 g/mol. The third kappa shape index (κ3) is 2.66. The van der Waals surface area contributed by atoms with Gasteiger partial charge in [-0.2, -0.15) is 0 Å². The lowest BCUT2D eigenvalue weighted by Crippen LogP contribution is -2.16. The summed E-state index contributed by atoms with van der Waals surface area (Å²) in [6.45, 7) is 1.40. The fourth-order valence-corrected chi connectivity index (χ4v) is 1.82. The Balaban J connectivity index is 2.33. The number of para-hydroxylation sites is 2. The molecule has 0 aliphatic heterocycles. The highest BCUT2D eigenvalue weighted by molar-refractivity contribution is 6.11. The lowest BCUT2D eigenvalue weighted by Gasteiger charge is -2.10. The fourth-order valence-electron chi connectivity index (χ4n) is 1.82. The Morgan fingerprint density at radius 3 is 2.40 bits per heavy atom. The van der Waals surface area contributed by atoms with Crippen molar-refractivity contribution in [1.29, 1.82) is 0 Å². The summed E-state index contributed by atoms with van der Waals surface area (Å²) in [4.78, 5) is 23.6. The van der Waals surface area contributed by atoms with E-state index in [9.17, 15) is 14.0 Å². The normalized spacial score (nSPS) is 10.1. The molecule has 0 saturated carbocycles. The molecule has 20 heavy (non-hydrogen) atoms. The predicted octanol–water partition coefficient (Wildman–Crippen LogP) is 2.86. The third-order valence-corrected chi connectivity index (χ3v) is 2.85. The molecule has 2 aromatic rings. The highest BCUT2D eigenvalue weighted by Gasteiger charge is 2.15. The van der Waals surface area contributed by atoms with Crippen LogP contribution in [-0.4, -0.2) is 11.7 Å². The Morgan fingerprint density at radius 1 is 1.05 bits per heavy atom. The van der Waals surface area contributed by atoms with E-state index in [-0.39, 0.29) is 17.0 Å². The Bertz CT molecular complexity index is 683. The zero-order chi connectivity index (χ0) is 14.7. The first-order valence-electron chi connectivity index (χ1n) is 5.96. The van der Waals surface area contributed by atoms with Crippen molar-refractivity contribution >= 4 is 23.1 Å². The molecule has 5 heteroatoms. The molecule has 3 N–H and O–H groups in total. The first-order valence-corrected chi connectivity index (χ1v) is 5.96. The molecule has 0 bridgehead atoms. The van der Waals surface area contributed by atoms with Gasteiger partial charge in [0.05, 0.1) is 16.9 Å². The zero-order valence-electron chi connectivity index (χ0n) is 10.8. The molecule has 2 rings (SSSR count).